The van der Waals surface area contributed by atoms with E-state index >= 15 is 0 Å². The number of nitrogens with one attached hydrogen (secondary N) is 2. The summed E-state index contributed by atoms with van der Waals surface area (Å²) in [6, 6.07) is 7.05. The van der Waals surface area contributed by atoms with E-state index in [9.17, 15) is 8.42 Å². The first-order valence-corrected chi connectivity index (χ1v) is 8.22. The fraction of sp³-hybridized carbons (Fsp3) is 0.571. The second kappa shape index (κ2) is 5.51. The van der Waals surface area contributed by atoms with Crippen LogP contribution in [-0.4, -0.2) is 22.0 Å². The van der Waals surface area contributed by atoms with E-state index < -0.39 is 10.0 Å². The van der Waals surface area contributed by atoms with Crippen LogP contribution < -0.4 is 10.0 Å². The molecule has 0 aromatic heterocycles. The molecule has 0 bridgehead atoms. The summed E-state index contributed by atoms with van der Waals surface area (Å²) < 4.78 is 26.3. The molecule has 2 rings (SSSR count). The molecule has 0 heterocycles. The first-order valence-electron chi connectivity index (χ1n) is 6.73. The predicted molar refractivity (Wildman–Crippen MR) is 77.8 cm³/mol. The van der Waals surface area contributed by atoms with Crippen LogP contribution in [0.25, 0.3) is 0 Å². The number of benzene rings is 1. The average molecular weight is 282 g/mol. The smallest absolute Gasteiger partial charge is 0.242 e. The molecule has 0 aliphatic heterocycles. The largest absolute Gasteiger partial charge is 0.383 e. The highest BCUT2D eigenvalue weighted by molar-refractivity contribution is 7.89. The van der Waals surface area contributed by atoms with Crippen LogP contribution in [0.15, 0.2) is 29.2 Å². The molecule has 0 atom stereocenters. The molecule has 1 aromatic rings. The van der Waals surface area contributed by atoms with Gasteiger partial charge in [-0.2, -0.15) is 0 Å². The maximum absolute atomic E-state index is 11.9. The van der Waals surface area contributed by atoms with E-state index in [4.69, 9.17) is 0 Å². The summed E-state index contributed by atoms with van der Waals surface area (Å²) in [6.45, 7) is 3.09. The van der Waals surface area contributed by atoms with E-state index in [-0.39, 0.29) is 5.41 Å². The Morgan fingerprint density at radius 1 is 1.21 bits per heavy atom. The summed E-state index contributed by atoms with van der Waals surface area (Å²) in [5, 5.41) is 3.32. The normalized spacial score (nSPS) is 18.4. The molecule has 4 nitrogen and oxygen atoms in total. The second-order valence-electron chi connectivity index (χ2n) is 5.58. The number of sulfonamides is 1. The quantitative estimate of drug-likeness (QED) is 0.872. The summed E-state index contributed by atoms with van der Waals surface area (Å²) in [5.41, 5.74) is 0.973. The third kappa shape index (κ3) is 3.28. The van der Waals surface area contributed by atoms with Crippen LogP contribution in [0.3, 0.4) is 0 Å². The fourth-order valence-electron chi connectivity index (χ4n) is 2.67. The number of para-hydroxylation sites is 1. The Bertz CT molecular complexity index is 534. The van der Waals surface area contributed by atoms with Gasteiger partial charge in [0.1, 0.15) is 4.90 Å². The Labute approximate surface area is 115 Å². The Balaban J connectivity index is 2.17. The molecule has 0 unspecified atom stereocenters. The standard InChI is InChI=1S/C14H22N2O2S/c1-14(9-5-6-10-14)11-16-12-7-3-4-8-13(12)19(17,18)15-2/h3-4,7-8,15-16H,5-6,9-11H2,1-2H3. The summed E-state index contributed by atoms with van der Waals surface area (Å²) in [5.74, 6) is 0. The van der Waals surface area contributed by atoms with E-state index in [1.54, 1.807) is 12.1 Å². The molecule has 1 aromatic carbocycles. The van der Waals surface area contributed by atoms with Crippen molar-refractivity contribution in [1.82, 2.24) is 4.72 Å². The zero-order chi connectivity index (χ0) is 13.9. The number of hydrogen-bond acceptors (Lipinski definition) is 3. The molecule has 19 heavy (non-hydrogen) atoms. The lowest BCUT2D eigenvalue weighted by atomic mass is 9.89. The first kappa shape index (κ1) is 14.3. The molecule has 106 valence electrons. The van der Waals surface area contributed by atoms with Crippen LogP contribution in [0, 0.1) is 5.41 Å². The molecule has 1 aliphatic rings. The minimum atomic E-state index is -3.41. The molecule has 0 saturated heterocycles. The van der Waals surface area contributed by atoms with Crippen LogP contribution in [0.4, 0.5) is 5.69 Å². The van der Waals surface area contributed by atoms with Crippen molar-refractivity contribution in [2.24, 2.45) is 5.41 Å². The number of hydrogen-bond donors (Lipinski definition) is 2. The summed E-state index contributed by atoms with van der Waals surface area (Å²) in [6.07, 6.45) is 4.96. The zero-order valence-electron chi connectivity index (χ0n) is 11.6. The first-order chi connectivity index (χ1) is 8.97. The van der Waals surface area contributed by atoms with Crippen molar-refractivity contribution >= 4 is 15.7 Å². The van der Waals surface area contributed by atoms with Gasteiger partial charge in [0, 0.05) is 6.54 Å². The van der Waals surface area contributed by atoms with Crippen molar-refractivity contribution in [3.63, 3.8) is 0 Å². The highest BCUT2D eigenvalue weighted by Crippen LogP contribution is 2.37. The molecule has 1 saturated carbocycles. The summed E-state index contributed by atoms with van der Waals surface area (Å²) >= 11 is 0. The van der Waals surface area contributed by atoms with Gasteiger partial charge in [-0.25, -0.2) is 13.1 Å². The van der Waals surface area contributed by atoms with Gasteiger partial charge >= 0.3 is 0 Å². The van der Waals surface area contributed by atoms with Gasteiger partial charge < -0.3 is 5.32 Å². The van der Waals surface area contributed by atoms with Crippen molar-refractivity contribution in [2.75, 3.05) is 18.9 Å². The Hall–Kier alpha value is -1.07. The molecule has 1 aliphatic carbocycles. The van der Waals surface area contributed by atoms with E-state index in [2.05, 4.69) is 17.0 Å². The van der Waals surface area contributed by atoms with Gasteiger partial charge in [-0.1, -0.05) is 31.9 Å². The number of rotatable bonds is 5. The minimum Gasteiger partial charge on any atom is -0.383 e. The van der Waals surface area contributed by atoms with Gasteiger partial charge in [0.2, 0.25) is 10.0 Å². The van der Waals surface area contributed by atoms with Gasteiger partial charge in [0.05, 0.1) is 5.69 Å². The lowest BCUT2D eigenvalue weighted by Crippen LogP contribution is -2.25. The maximum atomic E-state index is 11.9. The van der Waals surface area contributed by atoms with Crippen LogP contribution >= 0.6 is 0 Å². The van der Waals surface area contributed by atoms with Crippen LogP contribution in [0.2, 0.25) is 0 Å². The topological polar surface area (TPSA) is 58.2 Å². The molecule has 0 radical (unpaired) electrons. The van der Waals surface area contributed by atoms with Gasteiger partial charge in [0.15, 0.2) is 0 Å². The van der Waals surface area contributed by atoms with Gasteiger partial charge in [-0.15, -0.1) is 0 Å². The molecule has 2 N–H and O–H groups in total. The van der Waals surface area contributed by atoms with Crippen LogP contribution in [0.5, 0.6) is 0 Å². The van der Waals surface area contributed by atoms with Crippen LogP contribution in [-0.2, 0) is 10.0 Å². The van der Waals surface area contributed by atoms with Crippen molar-refractivity contribution in [2.45, 2.75) is 37.5 Å². The van der Waals surface area contributed by atoms with Crippen molar-refractivity contribution in [1.29, 1.82) is 0 Å². The molecule has 0 spiro atoms. The maximum Gasteiger partial charge on any atom is 0.242 e. The number of anilines is 1. The van der Waals surface area contributed by atoms with Crippen molar-refractivity contribution < 1.29 is 8.42 Å². The van der Waals surface area contributed by atoms with Gasteiger partial charge in [-0.05, 0) is 37.4 Å². The second-order valence-corrected chi connectivity index (χ2v) is 7.43. The summed E-state index contributed by atoms with van der Waals surface area (Å²) in [7, 11) is -1.97. The van der Waals surface area contributed by atoms with Crippen molar-refractivity contribution in [3.05, 3.63) is 24.3 Å². The van der Waals surface area contributed by atoms with E-state index in [0.717, 1.165) is 6.54 Å². The third-order valence-electron chi connectivity index (χ3n) is 3.96. The fourth-order valence-corrected chi connectivity index (χ4v) is 3.58. The Morgan fingerprint density at radius 2 is 1.84 bits per heavy atom. The molecular weight excluding hydrogens is 260 g/mol. The molecule has 1 fully saturated rings. The zero-order valence-corrected chi connectivity index (χ0v) is 12.4. The molecule has 0 amide bonds. The van der Waals surface area contributed by atoms with E-state index in [1.165, 1.54) is 32.7 Å². The highest BCUT2D eigenvalue weighted by atomic mass is 32.2. The van der Waals surface area contributed by atoms with Gasteiger partial charge in [0.25, 0.3) is 0 Å². The van der Waals surface area contributed by atoms with Gasteiger partial charge in [-0.3, -0.25) is 0 Å². The lowest BCUT2D eigenvalue weighted by molar-refractivity contribution is 0.362. The molecular formula is C14H22N2O2S. The minimum absolute atomic E-state index is 0.288. The van der Waals surface area contributed by atoms with E-state index in [0.29, 0.717) is 10.6 Å². The van der Waals surface area contributed by atoms with E-state index in [1.807, 2.05) is 12.1 Å². The Morgan fingerprint density at radius 3 is 2.47 bits per heavy atom. The third-order valence-corrected chi connectivity index (χ3v) is 5.43. The SMILES string of the molecule is CNS(=O)(=O)c1ccccc1NCC1(C)CCCC1. The van der Waals surface area contributed by atoms with Crippen LogP contribution in [0.1, 0.15) is 32.6 Å². The average Bonchev–Trinajstić information content (AvgIpc) is 2.84. The summed E-state index contributed by atoms with van der Waals surface area (Å²) in [4.78, 5) is 0.319. The Kier molecular flexibility index (Phi) is 4.16. The van der Waals surface area contributed by atoms with Crippen molar-refractivity contribution in [3.8, 4) is 0 Å². The highest BCUT2D eigenvalue weighted by Gasteiger charge is 2.28. The lowest BCUT2D eigenvalue weighted by Gasteiger charge is -2.25. The predicted octanol–water partition coefficient (Wildman–Crippen LogP) is 2.59. The molecule has 5 heteroatoms. The monoisotopic (exact) mass is 282 g/mol.